The number of nitrogens with two attached hydrogens (primary N) is 1. The average molecular weight is 232 g/mol. The number of hydrogen-bond acceptors (Lipinski definition) is 4. The first kappa shape index (κ1) is 10.8. The molecule has 0 aromatic carbocycles. The van der Waals surface area contributed by atoms with Crippen molar-refractivity contribution in [3.05, 3.63) is 18.3 Å². The second-order valence-electron chi connectivity index (χ2n) is 5.14. The molecule has 2 aliphatic rings. The monoisotopic (exact) mass is 232 g/mol. The molecule has 2 fully saturated rings. The van der Waals surface area contributed by atoms with Gasteiger partial charge in [0.25, 0.3) is 0 Å². The lowest BCUT2D eigenvalue weighted by molar-refractivity contribution is 0.342. The summed E-state index contributed by atoms with van der Waals surface area (Å²) in [7, 11) is 0. The van der Waals surface area contributed by atoms with Gasteiger partial charge in [-0.2, -0.15) is 0 Å². The highest BCUT2D eigenvalue weighted by atomic mass is 15.3. The number of anilines is 2. The van der Waals surface area contributed by atoms with Gasteiger partial charge in [-0.1, -0.05) is 12.8 Å². The van der Waals surface area contributed by atoms with Crippen LogP contribution in [-0.2, 0) is 0 Å². The summed E-state index contributed by atoms with van der Waals surface area (Å²) in [6.07, 6.45) is 8.73. The molecule has 2 heterocycles. The van der Waals surface area contributed by atoms with E-state index in [9.17, 15) is 0 Å². The molecule has 1 saturated carbocycles. The van der Waals surface area contributed by atoms with Crippen LogP contribution >= 0.6 is 0 Å². The zero-order valence-corrected chi connectivity index (χ0v) is 10.1. The lowest BCUT2D eigenvalue weighted by atomic mass is 9.85. The second-order valence-corrected chi connectivity index (χ2v) is 5.14. The summed E-state index contributed by atoms with van der Waals surface area (Å²) in [5, 5.41) is 0. The third-order valence-electron chi connectivity index (χ3n) is 4.23. The van der Waals surface area contributed by atoms with Gasteiger partial charge in [0.2, 0.25) is 0 Å². The summed E-state index contributed by atoms with van der Waals surface area (Å²) in [6.45, 7) is 1.18. The number of hydrazine groups is 1. The van der Waals surface area contributed by atoms with Crippen LogP contribution < -0.4 is 16.2 Å². The Morgan fingerprint density at radius 2 is 2.18 bits per heavy atom. The number of pyridine rings is 1. The van der Waals surface area contributed by atoms with Crippen molar-refractivity contribution in [1.82, 2.24) is 4.98 Å². The number of nitrogen functional groups attached to an aromatic ring is 1. The molecule has 0 radical (unpaired) electrons. The van der Waals surface area contributed by atoms with E-state index in [-0.39, 0.29) is 0 Å². The smallest absolute Gasteiger partial charge is 0.141 e. The molecule has 1 aliphatic heterocycles. The summed E-state index contributed by atoms with van der Waals surface area (Å²) >= 11 is 0. The normalized spacial score (nSPS) is 27.9. The fraction of sp³-hybridized carbons (Fsp3) is 0.615. The van der Waals surface area contributed by atoms with Gasteiger partial charge < -0.3 is 10.3 Å². The summed E-state index contributed by atoms with van der Waals surface area (Å²) < 4.78 is 0. The van der Waals surface area contributed by atoms with E-state index in [0.717, 1.165) is 17.8 Å². The van der Waals surface area contributed by atoms with Crippen molar-refractivity contribution in [1.29, 1.82) is 0 Å². The van der Waals surface area contributed by atoms with Crippen LogP contribution in [0.4, 0.5) is 11.5 Å². The van der Waals surface area contributed by atoms with E-state index in [0.29, 0.717) is 0 Å². The summed E-state index contributed by atoms with van der Waals surface area (Å²) in [6, 6.07) is 4.89. The number of aromatic nitrogens is 1. The van der Waals surface area contributed by atoms with E-state index in [1.807, 2.05) is 6.20 Å². The molecule has 0 bridgehead atoms. The summed E-state index contributed by atoms with van der Waals surface area (Å²) in [4.78, 5) is 6.72. The predicted octanol–water partition coefficient (Wildman–Crippen LogP) is 2.14. The molecule has 2 atom stereocenters. The molecule has 4 nitrogen and oxygen atoms in total. The zero-order chi connectivity index (χ0) is 11.7. The molecule has 1 aromatic heterocycles. The van der Waals surface area contributed by atoms with Gasteiger partial charge in [-0.25, -0.2) is 10.8 Å². The minimum atomic E-state index is 0.747. The highest BCUT2D eigenvalue weighted by Crippen LogP contribution is 2.38. The van der Waals surface area contributed by atoms with E-state index in [1.165, 1.54) is 44.3 Å². The Balaban J connectivity index is 1.83. The fourth-order valence-corrected chi connectivity index (χ4v) is 3.40. The number of fused-ring (bicyclic) bond motifs is 1. The average Bonchev–Trinajstić information content (AvgIpc) is 2.82. The van der Waals surface area contributed by atoms with E-state index in [1.54, 1.807) is 0 Å². The van der Waals surface area contributed by atoms with Crippen molar-refractivity contribution in [2.24, 2.45) is 11.8 Å². The summed E-state index contributed by atoms with van der Waals surface area (Å²) in [5.41, 5.74) is 3.89. The number of nitrogens with one attached hydrogen (secondary N) is 1. The first-order valence-corrected chi connectivity index (χ1v) is 6.58. The molecular formula is C13H20N4. The molecule has 2 unspecified atom stereocenters. The van der Waals surface area contributed by atoms with Crippen molar-refractivity contribution in [2.75, 3.05) is 16.9 Å². The molecule has 4 heteroatoms. The van der Waals surface area contributed by atoms with Crippen molar-refractivity contribution in [3.63, 3.8) is 0 Å². The van der Waals surface area contributed by atoms with Gasteiger partial charge in [0.1, 0.15) is 5.82 Å². The summed E-state index contributed by atoms with van der Waals surface area (Å²) in [5.74, 6) is 7.08. The Bertz CT molecular complexity index is 393. The zero-order valence-electron chi connectivity index (χ0n) is 10.1. The van der Waals surface area contributed by atoms with Gasteiger partial charge >= 0.3 is 0 Å². The number of hydrogen-bond donors (Lipinski definition) is 2. The van der Waals surface area contributed by atoms with E-state index >= 15 is 0 Å². The van der Waals surface area contributed by atoms with Crippen molar-refractivity contribution in [3.8, 4) is 0 Å². The van der Waals surface area contributed by atoms with Gasteiger partial charge in [-0.05, 0) is 31.2 Å². The van der Waals surface area contributed by atoms with E-state index in [4.69, 9.17) is 5.84 Å². The Morgan fingerprint density at radius 3 is 3.06 bits per heavy atom. The lowest BCUT2D eigenvalue weighted by Gasteiger charge is -2.33. The van der Waals surface area contributed by atoms with Crippen LogP contribution in [0.2, 0.25) is 0 Å². The molecular weight excluding hydrogens is 212 g/mol. The molecule has 1 aliphatic carbocycles. The van der Waals surface area contributed by atoms with Crippen LogP contribution in [0.25, 0.3) is 0 Å². The third kappa shape index (κ3) is 1.97. The quantitative estimate of drug-likeness (QED) is 0.606. The third-order valence-corrected chi connectivity index (χ3v) is 4.23. The van der Waals surface area contributed by atoms with Crippen LogP contribution in [-0.4, -0.2) is 17.6 Å². The minimum Gasteiger partial charge on any atom is -0.368 e. The first-order chi connectivity index (χ1) is 8.38. The maximum Gasteiger partial charge on any atom is 0.141 e. The largest absolute Gasteiger partial charge is 0.368 e. The number of nitrogens with zero attached hydrogens (tertiary/aromatic N) is 2. The van der Waals surface area contributed by atoms with Crippen LogP contribution in [0, 0.1) is 5.92 Å². The Hall–Kier alpha value is -1.29. The van der Waals surface area contributed by atoms with Crippen molar-refractivity contribution >= 4 is 11.5 Å². The standard InChI is InChI=1S/C13H20N4/c14-16-13-9-11(5-7-15-13)17-8-6-10-3-1-2-4-12(10)17/h5,7,9-10,12H,1-4,6,8,14H2,(H,15,16). The second kappa shape index (κ2) is 4.53. The SMILES string of the molecule is NNc1cc(N2CCC3CCCCC32)ccn1. The molecule has 0 amide bonds. The van der Waals surface area contributed by atoms with Crippen molar-refractivity contribution in [2.45, 2.75) is 38.1 Å². The van der Waals surface area contributed by atoms with Gasteiger partial charge in [0, 0.05) is 30.5 Å². The van der Waals surface area contributed by atoms with E-state index < -0.39 is 0 Å². The van der Waals surface area contributed by atoms with Gasteiger partial charge in [0.15, 0.2) is 0 Å². The van der Waals surface area contributed by atoms with Crippen LogP contribution in [0.15, 0.2) is 18.3 Å². The van der Waals surface area contributed by atoms with Crippen LogP contribution in [0.3, 0.4) is 0 Å². The van der Waals surface area contributed by atoms with Gasteiger partial charge in [-0.3, -0.25) is 0 Å². The maximum absolute atomic E-state index is 5.42. The van der Waals surface area contributed by atoms with Crippen LogP contribution in [0.5, 0.6) is 0 Å². The maximum atomic E-state index is 5.42. The first-order valence-electron chi connectivity index (χ1n) is 6.58. The molecule has 0 spiro atoms. The molecule has 3 rings (SSSR count). The molecule has 1 aromatic rings. The predicted molar refractivity (Wildman–Crippen MR) is 69.8 cm³/mol. The van der Waals surface area contributed by atoms with Gasteiger partial charge in [-0.15, -0.1) is 0 Å². The highest BCUT2D eigenvalue weighted by Gasteiger charge is 2.35. The molecule has 1 saturated heterocycles. The minimum absolute atomic E-state index is 0.747. The van der Waals surface area contributed by atoms with Crippen LogP contribution in [0.1, 0.15) is 32.1 Å². The Morgan fingerprint density at radius 1 is 1.29 bits per heavy atom. The number of rotatable bonds is 2. The van der Waals surface area contributed by atoms with Gasteiger partial charge in [0.05, 0.1) is 0 Å². The molecule has 92 valence electrons. The van der Waals surface area contributed by atoms with Crippen molar-refractivity contribution < 1.29 is 0 Å². The fourth-order valence-electron chi connectivity index (χ4n) is 3.40. The van der Waals surface area contributed by atoms with E-state index in [2.05, 4.69) is 27.4 Å². The molecule has 17 heavy (non-hydrogen) atoms. The molecule has 3 N–H and O–H groups in total. The highest BCUT2D eigenvalue weighted by molar-refractivity contribution is 5.55. The topological polar surface area (TPSA) is 54.2 Å². The Labute approximate surface area is 102 Å². The Kier molecular flexibility index (Phi) is 2.89. The lowest BCUT2D eigenvalue weighted by Crippen LogP contribution is -2.34.